The van der Waals surface area contributed by atoms with Gasteiger partial charge in [-0.25, -0.2) is 4.98 Å². The molecule has 5 rings (SSSR count). The van der Waals surface area contributed by atoms with Crippen LogP contribution < -0.4 is 10.2 Å². The van der Waals surface area contributed by atoms with Gasteiger partial charge in [0.05, 0.1) is 0 Å². The molecule has 7 nitrogen and oxygen atoms in total. The van der Waals surface area contributed by atoms with Crippen molar-refractivity contribution in [2.45, 2.75) is 45.6 Å². The molecule has 2 aliphatic rings. The second-order valence-electron chi connectivity index (χ2n) is 9.27. The van der Waals surface area contributed by atoms with Crippen molar-refractivity contribution in [2.75, 3.05) is 36.4 Å². The third-order valence-corrected chi connectivity index (χ3v) is 7.05. The van der Waals surface area contributed by atoms with Crippen LogP contribution in [0.5, 0.6) is 0 Å². The zero-order valence-electron chi connectivity index (χ0n) is 19.0. The molecule has 0 bridgehead atoms. The SMILES string of the molecule is CC(=O)N1CCN(c2ccc(Nc3ncc4ccn(C5CCC(C)CC5)c4n3)cc2)CC1. The van der Waals surface area contributed by atoms with E-state index in [-0.39, 0.29) is 5.91 Å². The summed E-state index contributed by atoms with van der Waals surface area (Å²) in [6, 6.07) is 11.0. The second kappa shape index (κ2) is 8.81. The summed E-state index contributed by atoms with van der Waals surface area (Å²) < 4.78 is 2.35. The van der Waals surface area contributed by atoms with Crippen LogP contribution in [0.15, 0.2) is 42.7 Å². The molecule has 2 fully saturated rings. The predicted octanol–water partition coefficient (Wildman–Crippen LogP) is 4.59. The molecule has 1 aromatic carbocycles. The first-order valence-corrected chi connectivity index (χ1v) is 11.8. The highest BCUT2D eigenvalue weighted by Gasteiger charge is 2.21. The number of nitrogens with one attached hydrogen (secondary N) is 1. The normalized spacial score (nSPS) is 21.7. The van der Waals surface area contributed by atoms with Crippen LogP contribution in [0.3, 0.4) is 0 Å². The smallest absolute Gasteiger partial charge is 0.229 e. The third kappa shape index (κ3) is 4.29. The van der Waals surface area contributed by atoms with Gasteiger partial charge in [0.15, 0.2) is 0 Å². The van der Waals surface area contributed by atoms with Crippen LogP contribution in [0.1, 0.15) is 45.6 Å². The van der Waals surface area contributed by atoms with Gasteiger partial charge in [0.25, 0.3) is 0 Å². The van der Waals surface area contributed by atoms with Crippen LogP contribution in [0.25, 0.3) is 11.0 Å². The van der Waals surface area contributed by atoms with Crippen LogP contribution in [-0.2, 0) is 4.79 Å². The number of hydrogen-bond donors (Lipinski definition) is 1. The van der Waals surface area contributed by atoms with E-state index in [1.54, 1.807) is 6.92 Å². The minimum absolute atomic E-state index is 0.158. The summed E-state index contributed by atoms with van der Waals surface area (Å²) in [5.74, 6) is 1.62. The molecule has 1 N–H and O–H groups in total. The Labute approximate surface area is 189 Å². The Balaban J connectivity index is 1.27. The monoisotopic (exact) mass is 432 g/mol. The van der Waals surface area contributed by atoms with Crippen LogP contribution in [-0.4, -0.2) is 51.5 Å². The number of carbonyl (C=O) groups excluding carboxylic acids is 1. The highest BCUT2D eigenvalue weighted by atomic mass is 16.2. The number of carbonyl (C=O) groups is 1. The van der Waals surface area contributed by atoms with Crippen molar-refractivity contribution >= 4 is 34.3 Å². The lowest BCUT2D eigenvalue weighted by molar-refractivity contribution is -0.129. The first-order valence-electron chi connectivity index (χ1n) is 11.8. The van der Waals surface area contributed by atoms with Crippen molar-refractivity contribution in [1.29, 1.82) is 0 Å². The number of benzene rings is 1. The quantitative estimate of drug-likeness (QED) is 0.653. The van der Waals surface area contributed by atoms with Crippen LogP contribution in [0, 0.1) is 5.92 Å². The van der Waals surface area contributed by atoms with Crippen molar-refractivity contribution in [1.82, 2.24) is 19.4 Å². The minimum Gasteiger partial charge on any atom is -0.368 e. The van der Waals surface area contributed by atoms with E-state index in [1.165, 1.54) is 31.4 Å². The summed E-state index contributed by atoms with van der Waals surface area (Å²) in [5, 5.41) is 4.46. The molecule has 3 aromatic rings. The molecule has 1 aliphatic carbocycles. The van der Waals surface area contributed by atoms with Gasteiger partial charge >= 0.3 is 0 Å². The largest absolute Gasteiger partial charge is 0.368 e. The maximum atomic E-state index is 11.5. The molecular weight excluding hydrogens is 400 g/mol. The predicted molar refractivity (Wildman–Crippen MR) is 128 cm³/mol. The lowest BCUT2D eigenvalue weighted by atomic mass is 9.87. The van der Waals surface area contributed by atoms with E-state index in [2.05, 4.69) is 63.2 Å². The molecule has 0 atom stereocenters. The van der Waals surface area contributed by atoms with E-state index in [4.69, 9.17) is 4.98 Å². The Morgan fingerprint density at radius 3 is 2.41 bits per heavy atom. The molecule has 1 amide bonds. The number of hydrogen-bond acceptors (Lipinski definition) is 5. The van der Waals surface area contributed by atoms with E-state index >= 15 is 0 Å². The molecular formula is C25H32N6O. The lowest BCUT2D eigenvalue weighted by Gasteiger charge is -2.35. The summed E-state index contributed by atoms with van der Waals surface area (Å²) in [7, 11) is 0. The van der Waals surface area contributed by atoms with Gasteiger partial charge in [0.1, 0.15) is 5.65 Å². The number of aromatic nitrogens is 3. The van der Waals surface area contributed by atoms with Gasteiger partial charge in [-0.1, -0.05) is 6.92 Å². The number of anilines is 3. The van der Waals surface area contributed by atoms with Crippen LogP contribution >= 0.6 is 0 Å². The third-order valence-electron chi connectivity index (χ3n) is 7.05. The number of fused-ring (bicyclic) bond motifs is 1. The Morgan fingerprint density at radius 1 is 1.00 bits per heavy atom. The Morgan fingerprint density at radius 2 is 1.72 bits per heavy atom. The Hall–Kier alpha value is -3.09. The van der Waals surface area contributed by atoms with E-state index in [0.717, 1.165) is 48.8 Å². The van der Waals surface area contributed by atoms with E-state index in [0.29, 0.717) is 12.0 Å². The summed E-state index contributed by atoms with van der Waals surface area (Å²) in [6.07, 6.45) is 9.10. The first kappa shape index (κ1) is 20.8. The molecule has 32 heavy (non-hydrogen) atoms. The number of amides is 1. The average Bonchev–Trinajstić information content (AvgIpc) is 3.23. The summed E-state index contributed by atoms with van der Waals surface area (Å²) in [5.41, 5.74) is 3.16. The molecule has 0 radical (unpaired) electrons. The molecule has 1 saturated carbocycles. The van der Waals surface area contributed by atoms with Gasteiger partial charge in [-0.15, -0.1) is 0 Å². The number of rotatable bonds is 4. The maximum absolute atomic E-state index is 11.5. The van der Waals surface area contributed by atoms with Crippen molar-refractivity contribution < 1.29 is 4.79 Å². The highest BCUT2D eigenvalue weighted by molar-refractivity contribution is 5.77. The molecule has 2 aromatic heterocycles. The molecule has 1 aliphatic heterocycles. The lowest BCUT2D eigenvalue weighted by Crippen LogP contribution is -2.48. The fourth-order valence-electron chi connectivity index (χ4n) is 4.98. The number of piperazine rings is 1. The van der Waals surface area contributed by atoms with E-state index in [9.17, 15) is 4.79 Å². The van der Waals surface area contributed by atoms with Crippen LogP contribution in [0.4, 0.5) is 17.3 Å². The van der Waals surface area contributed by atoms with Gasteiger partial charge in [-0.2, -0.15) is 4.98 Å². The zero-order chi connectivity index (χ0) is 22.1. The fourth-order valence-corrected chi connectivity index (χ4v) is 4.98. The van der Waals surface area contributed by atoms with Gasteiger partial charge < -0.3 is 19.7 Å². The minimum atomic E-state index is 0.158. The topological polar surface area (TPSA) is 66.3 Å². The van der Waals surface area contributed by atoms with Crippen molar-refractivity contribution in [3.05, 3.63) is 42.7 Å². The number of nitrogens with zero attached hydrogens (tertiary/aromatic N) is 5. The summed E-state index contributed by atoms with van der Waals surface area (Å²) in [6.45, 7) is 7.28. The Bertz CT molecular complexity index is 1080. The van der Waals surface area contributed by atoms with Crippen molar-refractivity contribution in [2.24, 2.45) is 5.92 Å². The summed E-state index contributed by atoms with van der Waals surface area (Å²) >= 11 is 0. The molecule has 0 unspecified atom stereocenters. The van der Waals surface area contributed by atoms with Gasteiger partial charge in [0.2, 0.25) is 11.9 Å². The molecule has 0 spiro atoms. The molecule has 1 saturated heterocycles. The molecule has 3 heterocycles. The maximum Gasteiger partial charge on any atom is 0.229 e. The summed E-state index contributed by atoms with van der Waals surface area (Å²) in [4.78, 5) is 25.1. The zero-order valence-corrected chi connectivity index (χ0v) is 19.0. The highest BCUT2D eigenvalue weighted by Crippen LogP contribution is 2.34. The van der Waals surface area contributed by atoms with E-state index < -0.39 is 0 Å². The van der Waals surface area contributed by atoms with Crippen molar-refractivity contribution in [3.63, 3.8) is 0 Å². The molecule has 168 valence electrons. The van der Waals surface area contributed by atoms with Gasteiger partial charge in [-0.3, -0.25) is 4.79 Å². The standard InChI is InChI=1S/C25H32N6O/c1-18-3-7-23(8-4-18)31-12-11-20-17-26-25(28-24(20)31)27-21-5-9-22(10-6-21)30-15-13-29(14-16-30)19(2)32/h5-6,9-12,17-18,23H,3-4,7-8,13-16H2,1-2H3,(H,26,27,28). The van der Waals surface area contributed by atoms with E-state index in [1.807, 2.05) is 11.1 Å². The fraction of sp³-hybridized carbons (Fsp3) is 0.480. The second-order valence-corrected chi connectivity index (χ2v) is 9.27. The Kier molecular flexibility index (Phi) is 5.72. The first-order chi connectivity index (χ1) is 15.6. The van der Waals surface area contributed by atoms with Crippen LogP contribution in [0.2, 0.25) is 0 Å². The average molecular weight is 433 g/mol. The van der Waals surface area contributed by atoms with Gasteiger partial charge in [-0.05, 0) is 61.9 Å². The van der Waals surface area contributed by atoms with Crippen molar-refractivity contribution in [3.8, 4) is 0 Å². The van der Waals surface area contributed by atoms with Gasteiger partial charge in [0, 0.05) is 68.3 Å². The molecule has 7 heteroatoms.